The maximum absolute atomic E-state index is 11.9. The molecule has 5 nitrogen and oxygen atoms in total. The van der Waals surface area contributed by atoms with Crippen LogP contribution in [0, 0.1) is 11.8 Å². The normalized spacial score (nSPS) is 20.4. The summed E-state index contributed by atoms with van der Waals surface area (Å²) in [6.45, 7) is 4.03. The van der Waals surface area contributed by atoms with Crippen LogP contribution in [0.4, 0.5) is 0 Å². The highest BCUT2D eigenvalue weighted by Crippen LogP contribution is 2.18. The summed E-state index contributed by atoms with van der Waals surface area (Å²) >= 11 is 0. The van der Waals surface area contributed by atoms with Gasteiger partial charge >= 0.3 is 5.97 Å². The van der Waals surface area contributed by atoms with E-state index in [1.807, 2.05) is 0 Å². The van der Waals surface area contributed by atoms with Crippen molar-refractivity contribution < 1.29 is 19.4 Å². The molecule has 1 aliphatic heterocycles. The van der Waals surface area contributed by atoms with Gasteiger partial charge in [0.2, 0.25) is 5.91 Å². The van der Waals surface area contributed by atoms with Crippen molar-refractivity contribution in [3.05, 3.63) is 0 Å². The Morgan fingerprint density at radius 3 is 2.75 bits per heavy atom. The van der Waals surface area contributed by atoms with Crippen molar-refractivity contribution in [2.75, 3.05) is 19.8 Å². The summed E-state index contributed by atoms with van der Waals surface area (Å²) in [5.74, 6) is -0.279. The van der Waals surface area contributed by atoms with Gasteiger partial charge in [0.15, 0.2) is 0 Å². The number of hydrogen-bond acceptors (Lipinski definition) is 3. The van der Waals surface area contributed by atoms with Gasteiger partial charge < -0.3 is 15.2 Å². The lowest BCUT2D eigenvalue weighted by Gasteiger charge is -2.22. The molecule has 2 unspecified atom stereocenters. The maximum atomic E-state index is 11.9. The smallest absolute Gasteiger partial charge is 0.303 e. The Morgan fingerprint density at radius 2 is 2.15 bits per heavy atom. The van der Waals surface area contributed by atoms with E-state index in [1.165, 1.54) is 0 Å². The zero-order chi connectivity index (χ0) is 14.8. The van der Waals surface area contributed by atoms with Crippen molar-refractivity contribution >= 4 is 11.9 Å². The summed E-state index contributed by atoms with van der Waals surface area (Å²) in [6.07, 6.45) is 5.71. The Balaban J connectivity index is 2.21. The molecule has 0 aromatic carbocycles. The summed E-state index contributed by atoms with van der Waals surface area (Å²) in [5.41, 5.74) is 0. The van der Waals surface area contributed by atoms with Crippen LogP contribution in [0.1, 0.15) is 51.9 Å². The molecule has 20 heavy (non-hydrogen) atoms. The van der Waals surface area contributed by atoms with Gasteiger partial charge in [-0.1, -0.05) is 19.8 Å². The van der Waals surface area contributed by atoms with Crippen LogP contribution >= 0.6 is 0 Å². The van der Waals surface area contributed by atoms with Crippen molar-refractivity contribution in [3.63, 3.8) is 0 Å². The molecule has 1 rings (SSSR count). The lowest BCUT2D eigenvalue weighted by molar-refractivity contribution is -0.137. The number of rotatable bonds is 9. The maximum Gasteiger partial charge on any atom is 0.303 e. The number of carboxylic acids is 1. The number of carboxylic acid groups (broad SMARTS) is 1. The van der Waals surface area contributed by atoms with Crippen LogP contribution in [-0.2, 0) is 14.3 Å². The molecule has 0 saturated carbocycles. The fraction of sp³-hybridized carbons (Fsp3) is 0.867. The third kappa shape index (κ3) is 6.89. The molecule has 2 N–H and O–H groups in total. The first-order valence-electron chi connectivity index (χ1n) is 7.70. The van der Waals surface area contributed by atoms with Crippen LogP contribution in [0.25, 0.3) is 0 Å². The molecule has 0 spiro atoms. The number of carbonyl (C=O) groups excluding carboxylic acids is 1. The molecule has 0 aromatic rings. The summed E-state index contributed by atoms with van der Waals surface area (Å²) in [4.78, 5) is 22.5. The second kappa shape index (κ2) is 9.75. The van der Waals surface area contributed by atoms with Crippen LogP contribution in [0.15, 0.2) is 0 Å². The van der Waals surface area contributed by atoms with E-state index in [0.717, 1.165) is 38.7 Å². The first-order valence-corrected chi connectivity index (χ1v) is 7.70. The molecule has 5 heteroatoms. The number of carbonyl (C=O) groups is 2. The van der Waals surface area contributed by atoms with Gasteiger partial charge in [0.1, 0.15) is 0 Å². The molecule has 116 valence electrons. The summed E-state index contributed by atoms with van der Waals surface area (Å²) in [7, 11) is 0. The van der Waals surface area contributed by atoms with E-state index in [9.17, 15) is 9.59 Å². The van der Waals surface area contributed by atoms with Gasteiger partial charge in [0, 0.05) is 19.6 Å². The monoisotopic (exact) mass is 285 g/mol. The van der Waals surface area contributed by atoms with E-state index in [1.54, 1.807) is 0 Å². The lowest BCUT2D eigenvalue weighted by atomic mass is 9.94. The van der Waals surface area contributed by atoms with Crippen LogP contribution < -0.4 is 5.32 Å². The summed E-state index contributed by atoms with van der Waals surface area (Å²) in [5, 5.41) is 11.7. The minimum atomic E-state index is -0.741. The van der Waals surface area contributed by atoms with E-state index >= 15 is 0 Å². The summed E-state index contributed by atoms with van der Waals surface area (Å²) < 4.78 is 5.31. The van der Waals surface area contributed by atoms with Crippen LogP contribution in [0.5, 0.6) is 0 Å². The van der Waals surface area contributed by atoms with Gasteiger partial charge in [0.05, 0.1) is 12.5 Å². The van der Waals surface area contributed by atoms with E-state index in [0.29, 0.717) is 25.5 Å². The van der Waals surface area contributed by atoms with Gasteiger partial charge in [-0.3, -0.25) is 9.59 Å². The number of ether oxygens (including phenoxy) is 1. The van der Waals surface area contributed by atoms with Gasteiger partial charge in [-0.15, -0.1) is 0 Å². The molecule has 1 amide bonds. The Kier molecular flexibility index (Phi) is 8.26. The molecule has 0 aliphatic carbocycles. The van der Waals surface area contributed by atoms with Gasteiger partial charge in [-0.05, 0) is 31.6 Å². The zero-order valence-corrected chi connectivity index (χ0v) is 12.4. The Labute approximate surface area is 121 Å². The molecule has 2 atom stereocenters. The van der Waals surface area contributed by atoms with Gasteiger partial charge in [-0.25, -0.2) is 0 Å². The molecular formula is C15H27NO4. The standard InChI is InChI=1S/C15H27NO4/c1-2-4-12(6-7-14(17)18)8-9-16-15(19)13-5-3-10-20-11-13/h12-13H,2-11H2,1H3,(H,16,19)(H,17,18). The second-order valence-corrected chi connectivity index (χ2v) is 5.58. The predicted molar refractivity (Wildman–Crippen MR) is 76.4 cm³/mol. The average Bonchev–Trinajstić information content (AvgIpc) is 2.45. The fourth-order valence-electron chi connectivity index (χ4n) is 2.66. The molecule has 0 aromatic heterocycles. The first kappa shape index (κ1) is 17.0. The molecule has 0 bridgehead atoms. The zero-order valence-electron chi connectivity index (χ0n) is 12.4. The highest BCUT2D eigenvalue weighted by atomic mass is 16.5. The third-order valence-corrected chi connectivity index (χ3v) is 3.85. The van der Waals surface area contributed by atoms with Crippen molar-refractivity contribution in [1.82, 2.24) is 5.32 Å². The Hall–Kier alpha value is -1.10. The Morgan fingerprint density at radius 1 is 1.35 bits per heavy atom. The fourth-order valence-corrected chi connectivity index (χ4v) is 2.66. The molecular weight excluding hydrogens is 258 g/mol. The van der Waals surface area contributed by atoms with E-state index in [2.05, 4.69) is 12.2 Å². The van der Waals surface area contributed by atoms with Crippen molar-refractivity contribution in [3.8, 4) is 0 Å². The second-order valence-electron chi connectivity index (χ2n) is 5.58. The number of amides is 1. The summed E-state index contributed by atoms with van der Waals surface area (Å²) in [6, 6.07) is 0. The van der Waals surface area contributed by atoms with Crippen LogP contribution in [0.2, 0.25) is 0 Å². The highest BCUT2D eigenvalue weighted by molar-refractivity contribution is 5.78. The SMILES string of the molecule is CCCC(CCNC(=O)C1CCCOC1)CCC(=O)O. The van der Waals surface area contributed by atoms with Crippen molar-refractivity contribution in [2.45, 2.75) is 51.9 Å². The van der Waals surface area contributed by atoms with Crippen LogP contribution in [-0.4, -0.2) is 36.7 Å². The number of nitrogens with one attached hydrogen (secondary N) is 1. The first-order chi connectivity index (χ1) is 9.63. The molecule has 1 heterocycles. The van der Waals surface area contributed by atoms with Crippen LogP contribution in [0.3, 0.4) is 0 Å². The molecule has 1 aliphatic rings. The minimum Gasteiger partial charge on any atom is -0.481 e. The van der Waals surface area contributed by atoms with E-state index < -0.39 is 5.97 Å². The Bertz CT molecular complexity index is 300. The minimum absolute atomic E-state index is 0.00704. The van der Waals surface area contributed by atoms with Gasteiger partial charge in [-0.2, -0.15) is 0 Å². The van der Waals surface area contributed by atoms with Crippen molar-refractivity contribution in [2.24, 2.45) is 11.8 Å². The molecule has 1 fully saturated rings. The van der Waals surface area contributed by atoms with E-state index in [-0.39, 0.29) is 18.2 Å². The third-order valence-electron chi connectivity index (χ3n) is 3.85. The van der Waals surface area contributed by atoms with E-state index in [4.69, 9.17) is 9.84 Å². The topological polar surface area (TPSA) is 75.6 Å². The average molecular weight is 285 g/mol. The number of hydrogen-bond donors (Lipinski definition) is 2. The number of aliphatic carboxylic acids is 1. The van der Waals surface area contributed by atoms with Crippen molar-refractivity contribution in [1.29, 1.82) is 0 Å². The quantitative estimate of drug-likeness (QED) is 0.681. The largest absolute Gasteiger partial charge is 0.481 e. The molecule has 0 radical (unpaired) electrons. The van der Waals surface area contributed by atoms with Gasteiger partial charge in [0.25, 0.3) is 0 Å². The molecule has 1 saturated heterocycles. The predicted octanol–water partition coefficient (Wildman–Crippen LogP) is 2.20. The lowest BCUT2D eigenvalue weighted by Crippen LogP contribution is -2.36. The highest BCUT2D eigenvalue weighted by Gasteiger charge is 2.21.